The number of benzene rings is 1. The third kappa shape index (κ3) is 4.32. The highest BCUT2D eigenvalue weighted by Crippen LogP contribution is 2.22. The average Bonchev–Trinajstić information content (AvgIpc) is 2.88. The number of nitrogens with one attached hydrogen (secondary N) is 2. The molecule has 1 aromatic carbocycles. The summed E-state index contributed by atoms with van der Waals surface area (Å²) in [5.74, 6) is -0.0413. The zero-order valence-corrected chi connectivity index (χ0v) is 14.6. The number of carbonyl (C=O) groups is 1. The Morgan fingerprint density at radius 1 is 1.33 bits per heavy atom. The van der Waals surface area contributed by atoms with Crippen molar-refractivity contribution < 1.29 is 4.79 Å². The van der Waals surface area contributed by atoms with Crippen LogP contribution in [-0.4, -0.2) is 12.5 Å². The first kappa shape index (κ1) is 16.0. The molecule has 0 fully saturated rings. The number of carbonyl (C=O) groups excluding carboxylic acids is 1. The number of hydrogen-bond acceptors (Lipinski definition) is 3. The Morgan fingerprint density at radius 3 is 2.76 bits per heavy atom. The van der Waals surface area contributed by atoms with Gasteiger partial charge in [-0.3, -0.25) is 4.79 Å². The van der Waals surface area contributed by atoms with Crippen LogP contribution < -0.4 is 10.6 Å². The van der Waals surface area contributed by atoms with E-state index in [1.165, 1.54) is 0 Å². The summed E-state index contributed by atoms with van der Waals surface area (Å²) in [7, 11) is 0. The summed E-state index contributed by atoms with van der Waals surface area (Å²) < 4.78 is 1.04. The fourth-order valence-electron chi connectivity index (χ4n) is 1.98. The molecular formula is C16H19BrN2OS. The molecule has 1 aromatic heterocycles. The number of aryl methyl sites for hydroxylation is 1. The van der Waals surface area contributed by atoms with E-state index in [-0.39, 0.29) is 5.91 Å². The van der Waals surface area contributed by atoms with Crippen LogP contribution in [-0.2, 0) is 6.54 Å². The molecule has 0 aliphatic rings. The van der Waals surface area contributed by atoms with Crippen LogP contribution >= 0.6 is 27.3 Å². The molecule has 2 rings (SSSR count). The zero-order chi connectivity index (χ0) is 15.2. The standard InChI is InChI=1S/C16H19BrN2OS/c1-3-7-18-14-5-4-12(9-11(14)2)16(20)19-10-15-13(17)6-8-21-15/h4-6,8-9,18H,3,7,10H2,1-2H3,(H,19,20). The lowest BCUT2D eigenvalue weighted by molar-refractivity contribution is 0.0951. The lowest BCUT2D eigenvalue weighted by Gasteiger charge is -2.10. The first-order chi connectivity index (χ1) is 10.1. The Bertz CT molecular complexity index is 624. The van der Waals surface area contributed by atoms with Crippen molar-refractivity contribution in [3.8, 4) is 0 Å². The van der Waals surface area contributed by atoms with E-state index in [0.29, 0.717) is 12.1 Å². The summed E-state index contributed by atoms with van der Waals surface area (Å²) in [5.41, 5.74) is 2.88. The molecule has 1 heterocycles. The van der Waals surface area contributed by atoms with Crippen molar-refractivity contribution in [1.82, 2.24) is 5.32 Å². The van der Waals surface area contributed by atoms with E-state index >= 15 is 0 Å². The average molecular weight is 367 g/mol. The summed E-state index contributed by atoms with van der Waals surface area (Å²) in [6.07, 6.45) is 1.08. The van der Waals surface area contributed by atoms with Crippen molar-refractivity contribution in [3.05, 3.63) is 50.1 Å². The Kier molecular flexibility index (Phi) is 5.82. The van der Waals surface area contributed by atoms with Crippen molar-refractivity contribution >= 4 is 38.9 Å². The highest BCUT2D eigenvalue weighted by Gasteiger charge is 2.09. The predicted molar refractivity (Wildman–Crippen MR) is 93.1 cm³/mol. The van der Waals surface area contributed by atoms with Gasteiger partial charge in [-0.1, -0.05) is 6.92 Å². The Balaban J connectivity index is 1.99. The topological polar surface area (TPSA) is 41.1 Å². The van der Waals surface area contributed by atoms with E-state index in [2.05, 4.69) is 33.5 Å². The van der Waals surface area contributed by atoms with Gasteiger partial charge in [0.25, 0.3) is 5.91 Å². The molecule has 0 bridgehead atoms. The molecule has 2 aromatic rings. The van der Waals surface area contributed by atoms with Gasteiger partial charge < -0.3 is 10.6 Å². The molecule has 1 amide bonds. The third-order valence-corrected chi connectivity index (χ3v) is 5.08. The summed E-state index contributed by atoms with van der Waals surface area (Å²) >= 11 is 5.10. The van der Waals surface area contributed by atoms with Crippen LogP contribution in [0.15, 0.2) is 34.1 Å². The van der Waals surface area contributed by atoms with Gasteiger partial charge in [0.2, 0.25) is 0 Å². The number of rotatable bonds is 6. The van der Waals surface area contributed by atoms with Crippen molar-refractivity contribution in [2.24, 2.45) is 0 Å². The van der Waals surface area contributed by atoms with E-state index in [9.17, 15) is 4.79 Å². The fraction of sp³-hybridized carbons (Fsp3) is 0.312. The normalized spacial score (nSPS) is 10.4. The van der Waals surface area contributed by atoms with Crippen LogP contribution in [0.2, 0.25) is 0 Å². The molecule has 0 radical (unpaired) electrons. The maximum Gasteiger partial charge on any atom is 0.251 e. The lowest BCUT2D eigenvalue weighted by atomic mass is 10.1. The maximum absolute atomic E-state index is 12.2. The van der Waals surface area contributed by atoms with Crippen LogP contribution in [0.25, 0.3) is 0 Å². The number of hydrogen-bond donors (Lipinski definition) is 2. The van der Waals surface area contributed by atoms with Gasteiger partial charge in [0.05, 0.1) is 6.54 Å². The van der Waals surface area contributed by atoms with Crippen LogP contribution in [0.3, 0.4) is 0 Å². The van der Waals surface area contributed by atoms with E-state index in [1.54, 1.807) is 11.3 Å². The molecule has 0 aliphatic heterocycles. The molecule has 2 N–H and O–H groups in total. The molecule has 0 spiro atoms. The Labute approximate surface area is 137 Å². The Hall–Kier alpha value is -1.33. The van der Waals surface area contributed by atoms with Gasteiger partial charge in [-0.05, 0) is 64.5 Å². The summed E-state index contributed by atoms with van der Waals surface area (Å²) in [6.45, 7) is 5.64. The highest BCUT2D eigenvalue weighted by molar-refractivity contribution is 9.10. The Morgan fingerprint density at radius 2 is 2.14 bits per heavy atom. The molecule has 0 unspecified atom stereocenters. The monoisotopic (exact) mass is 366 g/mol. The smallest absolute Gasteiger partial charge is 0.251 e. The SMILES string of the molecule is CCCNc1ccc(C(=O)NCc2sccc2Br)cc1C. The minimum atomic E-state index is -0.0413. The number of thiophene rings is 1. The summed E-state index contributed by atoms with van der Waals surface area (Å²) in [4.78, 5) is 13.3. The maximum atomic E-state index is 12.2. The zero-order valence-electron chi connectivity index (χ0n) is 12.2. The molecular weight excluding hydrogens is 348 g/mol. The molecule has 0 aliphatic carbocycles. The second-order valence-electron chi connectivity index (χ2n) is 4.83. The van der Waals surface area contributed by atoms with Gasteiger partial charge in [-0.2, -0.15) is 0 Å². The minimum Gasteiger partial charge on any atom is -0.385 e. The van der Waals surface area contributed by atoms with Crippen LogP contribution in [0, 0.1) is 6.92 Å². The molecule has 3 nitrogen and oxygen atoms in total. The van der Waals surface area contributed by atoms with Crippen LogP contribution in [0.5, 0.6) is 0 Å². The molecule has 0 saturated carbocycles. The van der Waals surface area contributed by atoms with Crippen molar-refractivity contribution in [1.29, 1.82) is 0 Å². The molecule has 5 heteroatoms. The molecule has 0 saturated heterocycles. The van der Waals surface area contributed by atoms with Gasteiger partial charge in [0, 0.05) is 27.1 Å². The number of amides is 1. The van der Waals surface area contributed by atoms with Gasteiger partial charge >= 0.3 is 0 Å². The van der Waals surface area contributed by atoms with E-state index in [4.69, 9.17) is 0 Å². The predicted octanol–water partition coefficient (Wildman–Crippen LogP) is 4.57. The van der Waals surface area contributed by atoms with Crippen molar-refractivity contribution in [3.63, 3.8) is 0 Å². The fourth-order valence-corrected chi connectivity index (χ4v) is 3.41. The van der Waals surface area contributed by atoms with Gasteiger partial charge in [0.15, 0.2) is 0 Å². The summed E-state index contributed by atoms with van der Waals surface area (Å²) in [5, 5.41) is 8.31. The molecule has 21 heavy (non-hydrogen) atoms. The van der Waals surface area contributed by atoms with Gasteiger partial charge in [-0.15, -0.1) is 11.3 Å². The minimum absolute atomic E-state index is 0.0413. The first-order valence-corrected chi connectivity index (χ1v) is 8.63. The largest absolute Gasteiger partial charge is 0.385 e. The third-order valence-electron chi connectivity index (χ3n) is 3.15. The number of anilines is 1. The van der Waals surface area contributed by atoms with Crippen LogP contribution in [0.1, 0.15) is 34.1 Å². The lowest BCUT2D eigenvalue weighted by Crippen LogP contribution is -2.22. The van der Waals surface area contributed by atoms with Crippen molar-refractivity contribution in [2.45, 2.75) is 26.8 Å². The summed E-state index contributed by atoms with van der Waals surface area (Å²) in [6, 6.07) is 7.76. The van der Waals surface area contributed by atoms with E-state index in [0.717, 1.165) is 33.6 Å². The quantitative estimate of drug-likeness (QED) is 0.785. The molecule has 112 valence electrons. The highest BCUT2D eigenvalue weighted by atomic mass is 79.9. The number of halogens is 1. The second kappa shape index (κ2) is 7.61. The van der Waals surface area contributed by atoms with Crippen LogP contribution in [0.4, 0.5) is 5.69 Å². The first-order valence-electron chi connectivity index (χ1n) is 6.96. The second-order valence-corrected chi connectivity index (χ2v) is 6.69. The molecule has 0 atom stereocenters. The van der Waals surface area contributed by atoms with Gasteiger partial charge in [0.1, 0.15) is 0 Å². The van der Waals surface area contributed by atoms with Gasteiger partial charge in [-0.25, -0.2) is 0 Å². The van der Waals surface area contributed by atoms with E-state index < -0.39 is 0 Å². The van der Waals surface area contributed by atoms with E-state index in [1.807, 2.05) is 36.6 Å². The van der Waals surface area contributed by atoms with Crippen molar-refractivity contribution in [2.75, 3.05) is 11.9 Å².